The van der Waals surface area contributed by atoms with E-state index in [1.165, 1.54) is 12.8 Å². The van der Waals surface area contributed by atoms with Crippen LogP contribution in [0.5, 0.6) is 0 Å². The van der Waals surface area contributed by atoms with Gasteiger partial charge in [0, 0.05) is 0 Å². The van der Waals surface area contributed by atoms with Gasteiger partial charge in [0.15, 0.2) is 0 Å². The van der Waals surface area contributed by atoms with E-state index in [1.807, 2.05) is 6.08 Å². The molecule has 0 radical (unpaired) electrons. The first-order valence-corrected chi connectivity index (χ1v) is 6.83. The zero-order valence-electron chi connectivity index (χ0n) is 12.0. The molecule has 100 valence electrons. The van der Waals surface area contributed by atoms with Crippen molar-refractivity contribution in [1.82, 2.24) is 5.32 Å². The van der Waals surface area contributed by atoms with Gasteiger partial charge in [0.25, 0.3) is 0 Å². The normalized spacial score (nSPS) is 26.7. The van der Waals surface area contributed by atoms with Crippen LogP contribution in [-0.4, -0.2) is 25.3 Å². The number of hydrogen-bond donors (Lipinski definition) is 1. The minimum atomic E-state index is 0.0568. The van der Waals surface area contributed by atoms with Crippen molar-refractivity contribution in [2.75, 3.05) is 19.7 Å². The molecule has 1 N–H and O–H groups in total. The Hall–Kier alpha value is -0.340. The van der Waals surface area contributed by atoms with Crippen LogP contribution in [0, 0.1) is 11.3 Å². The maximum Gasteiger partial charge on any atom is 0.0629 e. The quantitative estimate of drug-likeness (QED) is 0.567. The van der Waals surface area contributed by atoms with E-state index in [4.69, 9.17) is 4.74 Å². The average molecular weight is 239 g/mol. The lowest BCUT2D eigenvalue weighted by molar-refractivity contribution is -0.134. The molecule has 1 heterocycles. The molecule has 0 amide bonds. The average Bonchev–Trinajstić information content (AvgIpc) is 2.23. The van der Waals surface area contributed by atoms with Gasteiger partial charge in [-0.1, -0.05) is 19.9 Å². The molecule has 17 heavy (non-hydrogen) atoms. The Morgan fingerprint density at radius 2 is 2.00 bits per heavy atom. The molecular formula is C15H29NO. The monoisotopic (exact) mass is 239 g/mol. The van der Waals surface area contributed by atoms with Crippen molar-refractivity contribution in [2.24, 2.45) is 11.3 Å². The van der Waals surface area contributed by atoms with E-state index in [2.05, 4.69) is 39.6 Å². The summed E-state index contributed by atoms with van der Waals surface area (Å²) < 4.78 is 5.92. The zero-order valence-corrected chi connectivity index (χ0v) is 12.0. The first kappa shape index (κ1) is 14.7. The summed E-state index contributed by atoms with van der Waals surface area (Å²) >= 11 is 0. The number of ether oxygens (including phenoxy) is 1. The second-order valence-corrected chi connectivity index (χ2v) is 6.55. The molecule has 2 heteroatoms. The minimum Gasteiger partial charge on any atom is -0.375 e. The fraction of sp³-hybridized carbons (Fsp3) is 0.867. The highest BCUT2D eigenvalue weighted by molar-refractivity contribution is 4.89. The van der Waals surface area contributed by atoms with E-state index in [1.54, 1.807) is 0 Å². The third-order valence-electron chi connectivity index (χ3n) is 3.87. The standard InChI is InChI=1S/C15H29NO/c1-6-7-9-16-10-8-13-11-15(4,5)17-12-14(13,2)3/h6,13,16H,1,7-12H2,2-5H3. The van der Waals surface area contributed by atoms with Crippen molar-refractivity contribution >= 4 is 0 Å². The van der Waals surface area contributed by atoms with Crippen molar-refractivity contribution in [1.29, 1.82) is 0 Å². The topological polar surface area (TPSA) is 21.3 Å². The summed E-state index contributed by atoms with van der Waals surface area (Å²) in [7, 11) is 0. The van der Waals surface area contributed by atoms with Gasteiger partial charge < -0.3 is 10.1 Å². The minimum absolute atomic E-state index is 0.0568. The molecule has 1 rings (SSSR count). The number of nitrogens with one attached hydrogen (secondary N) is 1. The van der Waals surface area contributed by atoms with E-state index in [0.29, 0.717) is 5.41 Å². The van der Waals surface area contributed by atoms with Gasteiger partial charge in [-0.05, 0) is 57.5 Å². The molecular weight excluding hydrogens is 210 g/mol. The van der Waals surface area contributed by atoms with Crippen LogP contribution in [0.1, 0.15) is 47.0 Å². The predicted molar refractivity (Wildman–Crippen MR) is 74.2 cm³/mol. The predicted octanol–water partition coefficient (Wildman–Crippen LogP) is 3.38. The maximum absolute atomic E-state index is 5.92. The van der Waals surface area contributed by atoms with Gasteiger partial charge in [-0.2, -0.15) is 0 Å². The third-order valence-corrected chi connectivity index (χ3v) is 3.87. The van der Waals surface area contributed by atoms with Crippen molar-refractivity contribution in [2.45, 2.75) is 52.6 Å². The highest BCUT2D eigenvalue weighted by Crippen LogP contribution is 2.42. The second kappa shape index (κ2) is 6.01. The Kier molecular flexibility index (Phi) is 5.21. The van der Waals surface area contributed by atoms with Crippen LogP contribution < -0.4 is 5.32 Å². The molecule has 0 aliphatic carbocycles. The number of rotatable bonds is 6. The van der Waals surface area contributed by atoms with Crippen molar-refractivity contribution in [3.8, 4) is 0 Å². The van der Waals surface area contributed by atoms with E-state index < -0.39 is 0 Å². The summed E-state index contributed by atoms with van der Waals surface area (Å²) in [5.41, 5.74) is 0.372. The van der Waals surface area contributed by atoms with Gasteiger partial charge in [0.1, 0.15) is 0 Å². The molecule has 2 nitrogen and oxygen atoms in total. The molecule has 0 aromatic rings. The Balaban J connectivity index is 2.35. The van der Waals surface area contributed by atoms with Gasteiger partial charge in [0.05, 0.1) is 12.2 Å². The fourth-order valence-electron chi connectivity index (χ4n) is 2.53. The molecule has 1 fully saturated rings. The fourth-order valence-corrected chi connectivity index (χ4v) is 2.53. The molecule has 1 unspecified atom stereocenters. The summed E-state index contributed by atoms with van der Waals surface area (Å²) in [5, 5.41) is 3.49. The largest absolute Gasteiger partial charge is 0.375 e. The van der Waals surface area contributed by atoms with E-state index in [0.717, 1.165) is 32.0 Å². The van der Waals surface area contributed by atoms with Gasteiger partial charge >= 0.3 is 0 Å². The molecule has 0 bridgehead atoms. The van der Waals surface area contributed by atoms with Gasteiger partial charge in [-0.3, -0.25) is 0 Å². The van der Waals surface area contributed by atoms with E-state index in [9.17, 15) is 0 Å². The highest BCUT2D eigenvalue weighted by Gasteiger charge is 2.40. The van der Waals surface area contributed by atoms with Crippen LogP contribution in [0.2, 0.25) is 0 Å². The SMILES string of the molecule is C=CCCNCCC1CC(C)(C)OCC1(C)C. The number of hydrogen-bond acceptors (Lipinski definition) is 2. The van der Waals surface area contributed by atoms with Crippen LogP contribution >= 0.6 is 0 Å². The van der Waals surface area contributed by atoms with E-state index >= 15 is 0 Å². The molecule has 0 aromatic heterocycles. The lowest BCUT2D eigenvalue weighted by Crippen LogP contribution is -2.45. The van der Waals surface area contributed by atoms with Gasteiger partial charge in [0.2, 0.25) is 0 Å². The molecule has 1 saturated heterocycles. The summed E-state index contributed by atoms with van der Waals surface area (Å²) in [6.07, 6.45) is 5.44. The first-order valence-electron chi connectivity index (χ1n) is 6.83. The smallest absolute Gasteiger partial charge is 0.0629 e. The Morgan fingerprint density at radius 3 is 2.65 bits per heavy atom. The molecule has 0 saturated carbocycles. The summed E-state index contributed by atoms with van der Waals surface area (Å²) in [6.45, 7) is 15.9. The third kappa shape index (κ3) is 4.81. The van der Waals surface area contributed by atoms with Crippen LogP contribution in [0.15, 0.2) is 12.7 Å². The lowest BCUT2D eigenvalue weighted by atomic mass is 9.70. The first-order chi connectivity index (χ1) is 7.87. The Morgan fingerprint density at radius 1 is 1.29 bits per heavy atom. The molecule has 1 aliphatic heterocycles. The van der Waals surface area contributed by atoms with Crippen LogP contribution in [0.3, 0.4) is 0 Å². The van der Waals surface area contributed by atoms with Crippen LogP contribution in [0.4, 0.5) is 0 Å². The molecule has 1 aliphatic rings. The van der Waals surface area contributed by atoms with Crippen molar-refractivity contribution in [3.63, 3.8) is 0 Å². The Bertz CT molecular complexity index is 245. The lowest BCUT2D eigenvalue weighted by Gasteiger charge is -2.46. The zero-order chi connectivity index (χ0) is 12.9. The van der Waals surface area contributed by atoms with E-state index in [-0.39, 0.29) is 5.60 Å². The molecule has 0 aromatic carbocycles. The van der Waals surface area contributed by atoms with Crippen LogP contribution in [0.25, 0.3) is 0 Å². The van der Waals surface area contributed by atoms with Gasteiger partial charge in [-0.15, -0.1) is 6.58 Å². The second-order valence-electron chi connectivity index (χ2n) is 6.55. The van der Waals surface area contributed by atoms with Crippen molar-refractivity contribution in [3.05, 3.63) is 12.7 Å². The van der Waals surface area contributed by atoms with Gasteiger partial charge in [-0.25, -0.2) is 0 Å². The summed E-state index contributed by atoms with van der Waals surface area (Å²) in [5.74, 6) is 0.752. The van der Waals surface area contributed by atoms with Crippen LogP contribution in [-0.2, 0) is 4.74 Å². The molecule has 0 spiro atoms. The maximum atomic E-state index is 5.92. The highest BCUT2D eigenvalue weighted by atomic mass is 16.5. The summed E-state index contributed by atoms with van der Waals surface area (Å²) in [4.78, 5) is 0. The summed E-state index contributed by atoms with van der Waals surface area (Å²) in [6, 6.07) is 0. The molecule has 1 atom stereocenters. The van der Waals surface area contributed by atoms with Crippen molar-refractivity contribution < 1.29 is 4.74 Å². The Labute approximate surface area is 107 Å².